The first kappa shape index (κ1) is 14.6. The van der Waals surface area contributed by atoms with Crippen LogP contribution in [0.3, 0.4) is 0 Å². The van der Waals surface area contributed by atoms with E-state index in [9.17, 15) is 4.79 Å². The van der Waals surface area contributed by atoms with E-state index in [0.29, 0.717) is 35.7 Å². The fraction of sp³-hybridized carbons (Fsp3) is 0.417. The Kier molecular flexibility index (Phi) is 4.29. The maximum absolute atomic E-state index is 12.2. The second kappa shape index (κ2) is 6.18. The molecule has 0 spiro atoms. The molecule has 0 radical (unpaired) electrons. The van der Waals surface area contributed by atoms with Gasteiger partial charge in [-0.15, -0.1) is 0 Å². The number of ether oxygens (including phenoxy) is 1. The van der Waals surface area contributed by atoms with Crippen LogP contribution >= 0.6 is 31.9 Å². The SMILES string of the molecule is O=C(NCCn1cc(Br)cn1)c1nn2c(c1Br)OCCC2. The molecule has 1 amide bonds. The predicted octanol–water partition coefficient (Wildman–Crippen LogP) is 1.82. The van der Waals surface area contributed by atoms with Crippen molar-refractivity contribution in [2.24, 2.45) is 0 Å². The van der Waals surface area contributed by atoms with Gasteiger partial charge in [0.1, 0.15) is 4.47 Å². The van der Waals surface area contributed by atoms with Gasteiger partial charge >= 0.3 is 0 Å². The van der Waals surface area contributed by atoms with Gasteiger partial charge in [-0.3, -0.25) is 9.48 Å². The summed E-state index contributed by atoms with van der Waals surface area (Å²) in [6, 6.07) is 0. The van der Waals surface area contributed by atoms with Gasteiger partial charge in [-0.1, -0.05) is 0 Å². The molecule has 3 rings (SSSR count). The minimum Gasteiger partial charge on any atom is -0.477 e. The van der Waals surface area contributed by atoms with Crippen LogP contribution in [0.2, 0.25) is 0 Å². The molecule has 3 heterocycles. The Morgan fingerprint density at radius 1 is 1.48 bits per heavy atom. The van der Waals surface area contributed by atoms with Crippen molar-refractivity contribution in [1.82, 2.24) is 24.9 Å². The van der Waals surface area contributed by atoms with Gasteiger partial charge in [0.05, 0.1) is 23.8 Å². The number of carbonyl (C=O) groups excluding carboxylic acids is 1. The second-order valence-electron chi connectivity index (χ2n) is 4.57. The van der Waals surface area contributed by atoms with Gasteiger partial charge in [-0.2, -0.15) is 10.2 Å². The zero-order valence-electron chi connectivity index (χ0n) is 11.1. The fourth-order valence-corrected chi connectivity index (χ4v) is 2.98. The number of carbonyl (C=O) groups is 1. The lowest BCUT2D eigenvalue weighted by Crippen LogP contribution is -2.28. The Balaban J connectivity index is 1.61. The number of halogens is 2. The topological polar surface area (TPSA) is 74.0 Å². The second-order valence-corrected chi connectivity index (χ2v) is 6.28. The average molecular weight is 419 g/mol. The van der Waals surface area contributed by atoms with Crippen LogP contribution in [0.15, 0.2) is 21.3 Å². The first-order valence-electron chi connectivity index (χ1n) is 6.50. The summed E-state index contributed by atoms with van der Waals surface area (Å²) in [6.45, 7) is 2.49. The molecule has 1 N–H and O–H groups in total. The quantitative estimate of drug-likeness (QED) is 0.821. The molecule has 112 valence electrons. The standard InChI is InChI=1S/C12H13Br2N5O2/c13-8-6-16-18(7-8)4-2-15-11(20)10-9(14)12-19(17-10)3-1-5-21-12/h6-7H,1-5H2,(H,15,20). The van der Waals surface area contributed by atoms with Gasteiger partial charge in [0.25, 0.3) is 5.91 Å². The van der Waals surface area contributed by atoms with E-state index >= 15 is 0 Å². The van der Waals surface area contributed by atoms with Crippen LogP contribution in [-0.4, -0.2) is 38.6 Å². The van der Waals surface area contributed by atoms with Crippen molar-refractivity contribution in [3.63, 3.8) is 0 Å². The summed E-state index contributed by atoms with van der Waals surface area (Å²) in [5.41, 5.74) is 0.355. The Morgan fingerprint density at radius 2 is 2.33 bits per heavy atom. The first-order chi connectivity index (χ1) is 10.1. The van der Waals surface area contributed by atoms with Crippen molar-refractivity contribution in [1.29, 1.82) is 0 Å². The summed E-state index contributed by atoms with van der Waals surface area (Å²) in [5, 5.41) is 11.2. The van der Waals surface area contributed by atoms with E-state index in [4.69, 9.17) is 4.74 Å². The van der Waals surface area contributed by atoms with Gasteiger partial charge < -0.3 is 10.1 Å². The Bertz CT molecular complexity index is 667. The number of nitrogens with one attached hydrogen (secondary N) is 1. The molecule has 0 saturated carbocycles. The highest BCUT2D eigenvalue weighted by molar-refractivity contribution is 9.10. The molecular formula is C12H13Br2N5O2. The first-order valence-corrected chi connectivity index (χ1v) is 8.09. The summed E-state index contributed by atoms with van der Waals surface area (Å²) in [5.74, 6) is 0.404. The highest BCUT2D eigenvalue weighted by atomic mass is 79.9. The van der Waals surface area contributed by atoms with Crippen LogP contribution in [0.1, 0.15) is 16.9 Å². The maximum Gasteiger partial charge on any atom is 0.273 e. The molecule has 0 unspecified atom stereocenters. The van der Waals surface area contributed by atoms with E-state index in [0.717, 1.165) is 17.4 Å². The molecule has 0 saturated heterocycles. The van der Waals surface area contributed by atoms with Gasteiger partial charge in [-0.05, 0) is 31.9 Å². The highest BCUT2D eigenvalue weighted by Crippen LogP contribution is 2.31. The number of rotatable bonds is 4. The normalized spacial score (nSPS) is 13.6. The molecule has 2 aromatic heterocycles. The lowest BCUT2D eigenvalue weighted by Gasteiger charge is -2.14. The lowest BCUT2D eigenvalue weighted by molar-refractivity contribution is 0.0945. The van der Waals surface area contributed by atoms with Crippen molar-refractivity contribution < 1.29 is 9.53 Å². The Morgan fingerprint density at radius 3 is 3.05 bits per heavy atom. The van der Waals surface area contributed by atoms with Crippen LogP contribution in [0.4, 0.5) is 0 Å². The van der Waals surface area contributed by atoms with Crippen LogP contribution in [0.5, 0.6) is 5.88 Å². The molecule has 9 heteroatoms. The molecule has 0 aromatic carbocycles. The number of amides is 1. The zero-order valence-corrected chi connectivity index (χ0v) is 14.2. The third-order valence-corrected chi connectivity index (χ3v) is 4.17. The number of fused-ring (bicyclic) bond motifs is 1. The predicted molar refractivity (Wildman–Crippen MR) is 82.3 cm³/mol. The number of nitrogens with zero attached hydrogens (tertiary/aromatic N) is 4. The van der Waals surface area contributed by atoms with Crippen LogP contribution in [-0.2, 0) is 13.1 Å². The zero-order chi connectivity index (χ0) is 14.8. The molecule has 0 fully saturated rings. The van der Waals surface area contributed by atoms with E-state index in [2.05, 4.69) is 47.4 Å². The third-order valence-electron chi connectivity index (χ3n) is 3.05. The van der Waals surface area contributed by atoms with Crippen LogP contribution in [0.25, 0.3) is 0 Å². The van der Waals surface area contributed by atoms with E-state index in [1.165, 1.54) is 0 Å². The summed E-state index contributed by atoms with van der Waals surface area (Å²) < 4.78 is 10.5. The van der Waals surface area contributed by atoms with Gasteiger partial charge in [0.15, 0.2) is 5.69 Å². The molecular weight excluding hydrogens is 406 g/mol. The molecule has 0 atom stereocenters. The summed E-state index contributed by atoms with van der Waals surface area (Å²) in [7, 11) is 0. The minimum absolute atomic E-state index is 0.224. The van der Waals surface area contributed by atoms with E-state index < -0.39 is 0 Å². The van der Waals surface area contributed by atoms with Crippen LogP contribution in [0, 0.1) is 0 Å². The van der Waals surface area contributed by atoms with Crippen molar-refractivity contribution in [2.45, 2.75) is 19.5 Å². The summed E-state index contributed by atoms with van der Waals surface area (Å²) in [6.07, 6.45) is 4.46. The molecule has 1 aliphatic rings. The Labute approximate surface area is 137 Å². The molecule has 2 aromatic rings. The molecule has 21 heavy (non-hydrogen) atoms. The fourth-order valence-electron chi connectivity index (χ4n) is 2.07. The average Bonchev–Trinajstić information content (AvgIpc) is 3.03. The van der Waals surface area contributed by atoms with Gasteiger partial charge in [0.2, 0.25) is 5.88 Å². The van der Waals surface area contributed by atoms with E-state index in [-0.39, 0.29) is 5.91 Å². The lowest BCUT2D eigenvalue weighted by atomic mass is 10.4. The molecule has 0 aliphatic carbocycles. The van der Waals surface area contributed by atoms with Crippen molar-refractivity contribution >= 4 is 37.8 Å². The number of hydrogen-bond donors (Lipinski definition) is 1. The third kappa shape index (κ3) is 3.13. The molecule has 7 nitrogen and oxygen atoms in total. The van der Waals surface area contributed by atoms with Gasteiger partial charge in [-0.25, -0.2) is 4.68 Å². The molecule has 1 aliphatic heterocycles. The van der Waals surface area contributed by atoms with Gasteiger partial charge in [0, 0.05) is 25.7 Å². The van der Waals surface area contributed by atoms with Crippen molar-refractivity contribution in [3.05, 3.63) is 27.0 Å². The minimum atomic E-state index is -0.224. The highest BCUT2D eigenvalue weighted by Gasteiger charge is 2.24. The summed E-state index contributed by atoms with van der Waals surface area (Å²) >= 11 is 6.71. The van der Waals surface area contributed by atoms with E-state index in [1.807, 2.05) is 6.20 Å². The van der Waals surface area contributed by atoms with Crippen molar-refractivity contribution in [3.8, 4) is 5.88 Å². The van der Waals surface area contributed by atoms with E-state index in [1.54, 1.807) is 15.6 Å². The summed E-state index contributed by atoms with van der Waals surface area (Å²) in [4.78, 5) is 12.2. The number of aromatic nitrogens is 4. The number of aryl methyl sites for hydroxylation is 1. The van der Waals surface area contributed by atoms with Crippen molar-refractivity contribution in [2.75, 3.05) is 13.2 Å². The number of hydrogen-bond acceptors (Lipinski definition) is 4. The van der Waals surface area contributed by atoms with Crippen LogP contribution < -0.4 is 10.1 Å². The Hall–Kier alpha value is -1.35. The monoisotopic (exact) mass is 417 g/mol. The molecule has 0 bridgehead atoms. The largest absolute Gasteiger partial charge is 0.477 e. The maximum atomic E-state index is 12.2. The smallest absolute Gasteiger partial charge is 0.273 e.